The summed E-state index contributed by atoms with van der Waals surface area (Å²) in [5.41, 5.74) is 7.44. The van der Waals surface area contributed by atoms with Crippen LogP contribution in [0.25, 0.3) is 0 Å². The topological polar surface area (TPSA) is 30.5 Å². The van der Waals surface area contributed by atoms with Crippen molar-refractivity contribution in [2.24, 2.45) is 0 Å². The van der Waals surface area contributed by atoms with E-state index in [-0.39, 0.29) is 41.3 Å². The SMILES string of the molecule is Cc1cccc(C)c1[C@@H](CNC1([C@@H](COCCCc2c(F)cccc2F)c2c(C)cccc2C)CCCCC1)COCCCc1c(F)cccc1F. The Balaban J connectivity index is 1.34. The van der Waals surface area contributed by atoms with Crippen molar-refractivity contribution in [2.45, 2.75) is 103 Å². The first-order valence-corrected chi connectivity index (χ1v) is 19.0. The van der Waals surface area contributed by atoms with E-state index >= 15 is 0 Å². The number of hydrogen-bond donors (Lipinski definition) is 1. The van der Waals surface area contributed by atoms with Crippen LogP contribution in [0.4, 0.5) is 17.6 Å². The van der Waals surface area contributed by atoms with Crippen LogP contribution in [0.2, 0.25) is 0 Å². The van der Waals surface area contributed by atoms with Crippen molar-refractivity contribution >= 4 is 0 Å². The van der Waals surface area contributed by atoms with E-state index in [2.05, 4.69) is 69.4 Å². The Hall–Kier alpha value is -3.52. The molecular formula is C45H55F4NO2. The molecule has 1 N–H and O–H groups in total. The summed E-state index contributed by atoms with van der Waals surface area (Å²) in [6.45, 7) is 11.1. The van der Waals surface area contributed by atoms with Crippen molar-refractivity contribution in [2.75, 3.05) is 33.0 Å². The number of ether oxygens (including phenoxy) is 2. The molecule has 0 radical (unpaired) electrons. The van der Waals surface area contributed by atoms with Gasteiger partial charge in [0, 0.05) is 48.3 Å². The van der Waals surface area contributed by atoms with E-state index in [4.69, 9.17) is 9.47 Å². The highest BCUT2D eigenvalue weighted by atomic mass is 19.1. The van der Waals surface area contributed by atoms with Gasteiger partial charge in [-0.05, 0) is 124 Å². The van der Waals surface area contributed by atoms with E-state index in [1.54, 1.807) is 0 Å². The average Bonchev–Trinajstić information content (AvgIpc) is 3.11. The summed E-state index contributed by atoms with van der Waals surface area (Å²) in [5.74, 6) is -1.94. The van der Waals surface area contributed by atoms with Gasteiger partial charge < -0.3 is 14.8 Å². The van der Waals surface area contributed by atoms with Crippen LogP contribution >= 0.6 is 0 Å². The smallest absolute Gasteiger partial charge is 0.129 e. The van der Waals surface area contributed by atoms with Gasteiger partial charge in [-0.25, -0.2) is 17.6 Å². The molecule has 0 saturated heterocycles. The fourth-order valence-corrected chi connectivity index (χ4v) is 8.44. The second-order valence-corrected chi connectivity index (χ2v) is 14.7. The Morgan fingerprint density at radius 1 is 0.577 bits per heavy atom. The van der Waals surface area contributed by atoms with E-state index in [1.165, 1.54) is 76.2 Å². The molecule has 3 nitrogen and oxygen atoms in total. The van der Waals surface area contributed by atoms with Gasteiger partial charge in [-0.3, -0.25) is 0 Å². The van der Waals surface area contributed by atoms with Gasteiger partial charge in [0.2, 0.25) is 0 Å². The van der Waals surface area contributed by atoms with Crippen LogP contribution in [-0.4, -0.2) is 38.5 Å². The zero-order valence-corrected chi connectivity index (χ0v) is 31.3. The van der Waals surface area contributed by atoms with Crippen LogP contribution in [0, 0.1) is 51.0 Å². The molecule has 0 bridgehead atoms. The first-order chi connectivity index (χ1) is 25.1. The van der Waals surface area contributed by atoms with E-state index in [0.717, 1.165) is 25.7 Å². The van der Waals surface area contributed by atoms with Crippen LogP contribution in [0.15, 0.2) is 72.8 Å². The van der Waals surface area contributed by atoms with Gasteiger partial charge in [-0.15, -0.1) is 0 Å². The van der Waals surface area contributed by atoms with E-state index in [1.807, 2.05) is 0 Å². The molecule has 5 rings (SSSR count). The minimum Gasteiger partial charge on any atom is -0.381 e. The van der Waals surface area contributed by atoms with Gasteiger partial charge in [-0.1, -0.05) is 67.8 Å². The first kappa shape index (κ1) is 39.7. The number of halogens is 4. The summed E-state index contributed by atoms with van der Waals surface area (Å²) >= 11 is 0. The van der Waals surface area contributed by atoms with E-state index in [9.17, 15) is 17.6 Å². The van der Waals surface area contributed by atoms with E-state index < -0.39 is 23.3 Å². The van der Waals surface area contributed by atoms with Crippen molar-refractivity contribution in [3.05, 3.63) is 141 Å². The maximum absolute atomic E-state index is 14.3. The maximum atomic E-state index is 14.3. The molecule has 0 aromatic heterocycles. The number of nitrogens with one attached hydrogen (secondary N) is 1. The quantitative estimate of drug-likeness (QED) is 0.0821. The largest absolute Gasteiger partial charge is 0.381 e. The Labute approximate surface area is 308 Å². The first-order valence-electron chi connectivity index (χ1n) is 19.0. The molecule has 1 aliphatic carbocycles. The second-order valence-electron chi connectivity index (χ2n) is 14.7. The molecule has 4 aromatic rings. The van der Waals surface area contributed by atoms with Crippen LogP contribution in [-0.2, 0) is 22.3 Å². The van der Waals surface area contributed by atoms with Gasteiger partial charge >= 0.3 is 0 Å². The molecule has 1 aliphatic rings. The molecule has 0 unspecified atom stereocenters. The highest BCUT2D eigenvalue weighted by Gasteiger charge is 2.42. The number of rotatable bonds is 18. The minimum atomic E-state index is -0.517. The lowest BCUT2D eigenvalue weighted by molar-refractivity contribution is 0.0646. The predicted molar refractivity (Wildman–Crippen MR) is 202 cm³/mol. The summed E-state index contributed by atoms with van der Waals surface area (Å²) in [5, 5.41) is 4.15. The number of aryl methyl sites for hydroxylation is 4. The van der Waals surface area contributed by atoms with Gasteiger partial charge in [0.15, 0.2) is 0 Å². The van der Waals surface area contributed by atoms with Crippen molar-refractivity contribution in [1.29, 1.82) is 0 Å². The zero-order chi connectivity index (χ0) is 37.1. The third kappa shape index (κ3) is 9.91. The second kappa shape index (κ2) is 19.0. The Morgan fingerprint density at radius 2 is 1.00 bits per heavy atom. The molecule has 4 aromatic carbocycles. The third-order valence-corrected chi connectivity index (χ3v) is 11.1. The third-order valence-electron chi connectivity index (χ3n) is 11.1. The monoisotopic (exact) mass is 717 g/mol. The van der Waals surface area contributed by atoms with Crippen molar-refractivity contribution in [3.63, 3.8) is 0 Å². The summed E-state index contributed by atoms with van der Waals surface area (Å²) in [6.07, 6.45) is 7.01. The molecule has 280 valence electrons. The molecule has 2 atom stereocenters. The number of benzene rings is 4. The molecule has 1 saturated carbocycles. The molecule has 0 amide bonds. The summed E-state index contributed by atoms with van der Waals surface area (Å²) < 4.78 is 69.8. The van der Waals surface area contributed by atoms with Crippen LogP contribution < -0.4 is 5.32 Å². The van der Waals surface area contributed by atoms with Gasteiger partial charge in [-0.2, -0.15) is 0 Å². The van der Waals surface area contributed by atoms with Gasteiger partial charge in [0.05, 0.1) is 13.2 Å². The maximum Gasteiger partial charge on any atom is 0.129 e. The normalized spacial score (nSPS) is 15.5. The molecule has 0 heterocycles. The van der Waals surface area contributed by atoms with Crippen molar-refractivity contribution in [1.82, 2.24) is 5.32 Å². The summed E-state index contributed by atoms with van der Waals surface area (Å²) in [7, 11) is 0. The molecule has 0 spiro atoms. The Kier molecular flexibility index (Phi) is 14.5. The summed E-state index contributed by atoms with van der Waals surface area (Å²) in [6, 6.07) is 20.8. The van der Waals surface area contributed by atoms with Crippen molar-refractivity contribution in [3.8, 4) is 0 Å². The fourth-order valence-electron chi connectivity index (χ4n) is 8.44. The van der Waals surface area contributed by atoms with Crippen LogP contribution in [0.1, 0.15) is 101 Å². The van der Waals surface area contributed by atoms with Crippen molar-refractivity contribution < 1.29 is 27.0 Å². The molecule has 7 heteroatoms. The molecule has 1 fully saturated rings. The highest BCUT2D eigenvalue weighted by molar-refractivity contribution is 5.40. The Bertz CT molecular complexity index is 1670. The summed E-state index contributed by atoms with van der Waals surface area (Å²) in [4.78, 5) is 0. The van der Waals surface area contributed by atoms with E-state index in [0.29, 0.717) is 45.8 Å². The minimum absolute atomic E-state index is 0.0559. The zero-order valence-electron chi connectivity index (χ0n) is 31.3. The van der Waals surface area contributed by atoms with Gasteiger partial charge in [0.1, 0.15) is 23.3 Å². The Morgan fingerprint density at radius 3 is 1.48 bits per heavy atom. The predicted octanol–water partition coefficient (Wildman–Crippen LogP) is 10.9. The molecular weight excluding hydrogens is 662 g/mol. The number of hydrogen-bond acceptors (Lipinski definition) is 3. The molecule has 52 heavy (non-hydrogen) atoms. The lowest BCUT2D eigenvalue weighted by Crippen LogP contribution is -2.54. The van der Waals surface area contributed by atoms with Gasteiger partial charge in [0.25, 0.3) is 0 Å². The highest BCUT2D eigenvalue weighted by Crippen LogP contribution is 2.43. The standard InChI is InChI=1S/C45H55F4NO2/c1-31-14-8-15-32(2)43(31)35(29-51-26-12-18-36-39(46)20-10-21-40(36)47)28-50-45(24-6-5-7-25-45)38(44-33(3)16-9-17-34(44)4)30-52-27-13-19-37-41(48)22-11-23-42(37)49/h8-11,14-17,20-23,35,38,50H,5-7,12-13,18-19,24-30H2,1-4H3/t35-,38-/m0/s1. The molecule has 0 aliphatic heterocycles. The lowest BCUT2D eigenvalue weighted by Gasteiger charge is -2.46. The fraction of sp³-hybridized carbons (Fsp3) is 0.467. The van der Waals surface area contributed by atoms with Crippen LogP contribution in [0.5, 0.6) is 0 Å². The lowest BCUT2D eigenvalue weighted by atomic mass is 9.68. The van der Waals surface area contributed by atoms with Crippen LogP contribution in [0.3, 0.4) is 0 Å². The average molecular weight is 718 g/mol.